The second-order valence-electron chi connectivity index (χ2n) is 5.82. The molecule has 2 aliphatic rings. The standard InChI is InChI=1S/C16H22N2O2/c19-16(18-14-6-2-3-7-14)17-10-12-9-13-5-1-4-8-15(13)20-11-12/h1,4-5,8,12,14H,2-3,6-7,9-11H2,(H2,17,18,19)/t12-/m1/s1. The maximum atomic E-state index is 11.8. The van der Waals surface area contributed by atoms with Gasteiger partial charge >= 0.3 is 6.03 Å². The second kappa shape index (κ2) is 6.16. The summed E-state index contributed by atoms with van der Waals surface area (Å²) in [6.45, 7) is 1.35. The molecule has 0 spiro atoms. The zero-order valence-electron chi connectivity index (χ0n) is 11.7. The number of carbonyl (C=O) groups is 1. The quantitative estimate of drug-likeness (QED) is 0.889. The van der Waals surface area contributed by atoms with E-state index in [1.54, 1.807) is 0 Å². The average Bonchev–Trinajstić information content (AvgIpc) is 2.98. The van der Waals surface area contributed by atoms with E-state index in [2.05, 4.69) is 16.7 Å². The highest BCUT2D eigenvalue weighted by Gasteiger charge is 2.21. The van der Waals surface area contributed by atoms with Gasteiger partial charge in [-0.25, -0.2) is 4.79 Å². The molecule has 0 saturated heterocycles. The lowest BCUT2D eigenvalue weighted by atomic mass is 9.97. The van der Waals surface area contributed by atoms with Crippen molar-refractivity contribution in [1.29, 1.82) is 0 Å². The summed E-state index contributed by atoms with van der Waals surface area (Å²) in [5.41, 5.74) is 1.24. The van der Waals surface area contributed by atoms with Crippen LogP contribution in [0.1, 0.15) is 31.2 Å². The van der Waals surface area contributed by atoms with Gasteiger partial charge in [0, 0.05) is 18.5 Å². The Morgan fingerprint density at radius 2 is 2.05 bits per heavy atom. The van der Waals surface area contributed by atoms with Crippen molar-refractivity contribution in [3.8, 4) is 5.75 Å². The van der Waals surface area contributed by atoms with E-state index >= 15 is 0 Å². The van der Waals surface area contributed by atoms with Gasteiger partial charge in [-0.1, -0.05) is 31.0 Å². The fraction of sp³-hybridized carbons (Fsp3) is 0.562. The summed E-state index contributed by atoms with van der Waals surface area (Å²) in [5.74, 6) is 1.35. The molecule has 1 aromatic carbocycles. The zero-order chi connectivity index (χ0) is 13.8. The van der Waals surface area contributed by atoms with E-state index in [-0.39, 0.29) is 6.03 Å². The van der Waals surface area contributed by atoms with Gasteiger partial charge in [-0.15, -0.1) is 0 Å². The van der Waals surface area contributed by atoms with Gasteiger partial charge in [0.1, 0.15) is 5.75 Å². The fourth-order valence-electron chi connectivity index (χ4n) is 3.07. The summed E-state index contributed by atoms with van der Waals surface area (Å²) in [7, 11) is 0. The summed E-state index contributed by atoms with van der Waals surface area (Å²) in [5, 5.41) is 6.03. The number of amides is 2. The van der Waals surface area contributed by atoms with Gasteiger partial charge < -0.3 is 15.4 Å². The number of benzene rings is 1. The lowest BCUT2D eigenvalue weighted by molar-refractivity contribution is 0.210. The SMILES string of the molecule is O=C(NC[C@@H]1COc2ccccc2C1)NC1CCCC1. The average molecular weight is 274 g/mol. The van der Waals surface area contributed by atoms with Crippen LogP contribution >= 0.6 is 0 Å². The molecule has 1 fully saturated rings. The first-order chi connectivity index (χ1) is 9.81. The molecule has 4 nitrogen and oxygen atoms in total. The second-order valence-corrected chi connectivity index (χ2v) is 5.82. The van der Waals surface area contributed by atoms with Gasteiger partial charge in [-0.3, -0.25) is 0 Å². The number of hydrogen-bond acceptors (Lipinski definition) is 2. The molecule has 1 atom stereocenters. The molecule has 20 heavy (non-hydrogen) atoms. The van der Waals surface area contributed by atoms with E-state index < -0.39 is 0 Å². The van der Waals surface area contributed by atoms with Crippen molar-refractivity contribution in [2.45, 2.75) is 38.1 Å². The van der Waals surface area contributed by atoms with Gasteiger partial charge in [-0.05, 0) is 30.9 Å². The van der Waals surface area contributed by atoms with Crippen LogP contribution in [0.15, 0.2) is 24.3 Å². The van der Waals surface area contributed by atoms with Crippen LogP contribution < -0.4 is 15.4 Å². The van der Waals surface area contributed by atoms with Crippen LogP contribution in [0.25, 0.3) is 0 Å². The molecule has 0 bridgehead atoms. The van der Waals surface area contributed by atoms with Crippen LogP contribution in [0.3, 0.4) is 0 Å². The molecule has 2 amide bonds. The topological polar surface area (TPSA) is 50.4 Å². The number of urea groups is 1. The number of rotatable bonds is 3. The predicted molar refractivity (Wildman–Crippen MR) is 77.9 cm³/mol. The molecule has 1 aromatic rings. The highest BCUT2D eigenvalue weighted by atomic mass is 16.5. The van der Waals surface area contributed by atoms with Crippen LogP contribution in [-0.2, 0) is 6.42 Å². The first-order valence-corrected chi connectivity index (χ1v) is 7.56. The molecule has 4 heteroatoms. The Hall–Kier alpha value is -1.71. The monoisotopic (exact) mass is 274 g/mol. The third kappa shape index (κ3) is 3.24. The summed E-state index contributed by atoms with van der Waals surface area (Å²) in [6, 6.07) is 8.47. The van der Waals surface area contributed by atoms with Crippen molar-refractivity contribution < 1.29 is 9.53 Å². The number of hydrogen-bond donors (Lipinski definition) is 2. The van der Waals surface area contributed by atoms with Crippen LogP contribution in [0.5, 0.6) is 5.75 Å². The number of fused-ring (bicyclic) bond motifs is 1. The van der Waals surface area contributed by atoms with Gasteiger partial charge in [0.05, 0.1) is 6.61 Å². The van der Waals surface area contributed by atoms with E-state index in [9.17, 15) is 4.79 Å². The van der Waals surface area contributed by atoms with Crippen molar-refractivity contribution in [2.24, 2.45) is 5.92 Å². The van der Waals surface area contributed by atoms with Crippen molar-refractivity contribution in [2.75, 3.05) is 13.2 Å². The third-order valence-corrected chi connectivity index (χ3v) is 4.20. The minimum absolute atomic E-state index is 0.0317. The Morgan fingerprint density at radius 3 is 2.90 bits per heavy atom. The molecule has 0 unspecified atom stereocenters. The molecule has 108 valence electrons. The Bertz CT molecular complexity index is 469. The lowest BCUT2D eigenvalue weighted by Gasteiger charge is -2.25. The van der Waals surface area contributed by atoms with E-state index in [0.717, 1.165) is 25.0 Å². The van der Waals surface area contributed by atoms with Gasteiger partial charge in [0.15, 0.2) is 0 Å². The van der Waals surface area contributed by atoms with Crippen molar-refractivity contribution in [3.63, 3.8) is 0 Å². The van der Waals surface area contributed by atoms with Crippen LogP contribution in [0.4, 0.5) is 4.79 Å². The number of nitrogens with one attached hydrogen (secondary N) is 2. The molecule has 0 aromatic heterocycles. The summed E-state index contributed by atoms with van der Waals surface area (Å²) < 4.78 is 5.73. The third-order valence-electron chi connectivity index (χ3n) is 4.20. The summed E-state index contributed by atoms with van der Waals surface area (Å²) in [6.07, 6.45) is 5.68. The maximum Gasteiger partial charge on any atom is 0.315 e. The summed E-state index contributed by atoms with van der Waals surface area (Å²) in [4.78, 5) is 11.8. The first kappa shape index (κ1) is 13.3. The fourth-order valence-corrected chi connectivity index (χ4v) is 3.07. The highest BCUT2D eigenvalue weighted by Crippen LogP contribution is 2.26. The maximum absolute atomic E-state index is 11.8. The zero-order valence-corrected chi connectivity index (χ0v) is 11.7. The van der Waals surface area contributed by atoms with Gasteiger partial charge in [0.25, 0.3) is 0 Å². The van der Waals surface area contributed by atoms with Crippen LogP contribution in [0, 0.1) is 5.92 Å². The van der Waals surface area contributed by atoms with Crippen LogP contribution in [-0.4, -0.2) is 25.2 Å². The van der Waals surface area contributed by atoms with Gasteiger partial charge in [0.2, 0.25) is 0 Å². The molecule has 3 rings (SSSR count). The largest absolute Gasteiger partial charge is 0.493 e. The number of ether oxygens (including phenoxy) is 1. The lowest BCUT2D eigenvalue weighted by Crippen LogP contribution is -2.44. The first-order valence-electron chi connectivity index (χ1n) is 7.56. The van der Waals surface area contributed by atoms with E-state index in [1.807, 2.05) is 18.2 Å². The molecule has 1 saturated carbocycles. The Labute approximate surface area is 119 Å². The molecular weight excluding hydrogens is 252 g/mol. The number of para-hydroxylation sites is 1. The highest BCUT2D eigenvalue weighted by molar-refractivity contribution is 5.74. The Morgan fingerprint density at radius 1 is 1.25 bits per heavy atom. The smallest absolute Gasteiger partial charge is 0.315 e. The molecule has 1 aliphatic carbocycles. The van der Waals surface area contributed by atoms with Crippen LogP contribution in [0.2, 0.25) is 0 Å². The van der Waals surface area contributed by atoms with Crippen molar-refractivity contribution in [3.05, 3.63) is 29.8 Å². The minimum Gasteiger partial charge on any atom is -0.493 e. The van der Waals surface area contributed by atoms with Gasteiger partial charge in [-0.2, -0.15) is 0 Å². The Kier molecular flexibility index (Phi) is 4.09. The Balaban J connectivity index is 1.44. The van der Waals surface area contributed by atoms with E-state index in [4.69, 9.17) is 4.74 Å². The van der Waals surface area contributed by atoms with E-state index in [0.29, 0.717) is 25.1 Å². The molecule has 1 aliphatic heterocycles. The molecular formula is C16H22N2O2. The number of carbonyl (C=O) groups excluding carboxylic acids is 1. The minimum atomic E-state index is -0.0317. The molecule has 0 radical (unpaired) electrons. The van der Waals surface area contributed by atoms with Crippen molar-refractivity contribution >= 4 is 6.03 Å². The predicted octanol–water partition coefficient (Wildman–Crippen LogP) is 2.48. The molecule has 1 heterocycles. The van der Waals surface area contributed by atoms with Crippen molar-refractivity contribution in [1.82, 2.24) is 10.6 Å². The summed E-state index contributed by atoms with van der Waals surface area (Å²) >= 11 is 0. The molecule has 2 N–H and O–H groups in total. The van der Waals surface area contributed by atoms with E-state index in [1.165, 1.54) is 18.4 Å². The normalized spacial score (nSPS) is 21.9.